The molecule has 2 aromatic heterocycles. The van der Waals surface area contributed by atoms with Gasteiger partial charge in [0.2, 0.25) is 11.8 Å². The predicted octanol–water partition coefficient (Wildman–Crippen LogP) is 6.59. The number of hydrogen-bond donors (Lipinski definition) is 2. The Morgan fingerprint density at radius 3 is 2.15 bits per heavy atom. The molecule has 2 N–H and O–H groups in total. The first kappa shape index (κ1) is 37.1. The monoisotopic (exact) mass is 696 g/mol. The molecule has 0 saturated heterocycles. The SMILES string of the molecule is CC(C)CC1CCN(N[S+]([O-])C(C)(C)C)c2ccc(O[PH](=O)Oc3ccc4c(n3)N(CC(C)C)CCC4N[S+]([O-])C(C)(C)C)nc21. The molecule has 0 spiro atoms. The highest BCUT2D eigenvalue weighted by molar-refractivity contribution is 7.91. The van der Waals surface area contributed by atoms with Crippen molar-refractivity contribution in [3.05, 3.63) is 35.5 Å². The van der Waals surface area contributed by atoms with Gasteiger partial charge in [-0.2, -0.15) is 4.98 Å². The number of nitrogens with one attached hydrogen (secondary N) is 2. The lowest BCUT2D eigenvalue weighted by molar-refractivity contribution is 0.397. The summed E-state index contributed by atoms with van der Waals surface area (Å²) in [6, 6.07) is 7.03. The molecule has 4 rings (SSSR count). The van der Waals surface area contributed by atoms with Gasteiger partial charge in [0.25, 0.3) is 0 Å². The molecule has 11 nitrogen and oxygen atoms in total. The number of rotatable bonds is 12. The Balaban J connectivity index is 1.53. The topological polar surface area (TPSA) is 138 Å². The van der Waals surface area contributed by atoms with Gasteiger partial charge in [0.15, 0.2) is 0 Å². The first-order chi connectivity index (χ1) is 21.4. The first-order valence-corrected chi connectivity index (χ1v) is 19.7. The Bertz CT molecular complexity index is 1260. The van der Waals surface area contributed by atoms with Crippen molar-refractivity contribution >= 4 is 42.5 Å². The average Bonchev–Trinajstić information content (AvgIpc) is 2.94. The Kier molecular flexibility index (Phi) is 12.3. The predicted molar refractivity (Wildman–Crippen MR) is 189 cm³/mol. The summed E-state index contributed by atoms with van der Waals surface area (Å²) in [5.41, 5.74) is 2.61. The van der Waals surface area contributed by atoms with Crippen molar-refractivity contribution < 1.29 is 22.7 Å². The normalized spacial score (nSPS) is 20.7. The van der Waals surface area contributed by atoms with E-state index in [4.69, 9.17) is 19.0 Å². The summed E-state index contributed by atoms with van der Waals surface area (Å²) >= 11 is -2.54. The molecule has 258 valence electrons. The molecular weight excluding hydrogens is 643 g/mol. The molecule has 2 aromatic rings. The second-order valence-electron chi connectivity index (χ2n) is 15.0. The number of fused-ring (bicyclic) bond motifs is 2. The molecule has 46 heavy (non-hydrogen) atoms. The fourth-order valence-corrected chi connectivity index (χ4v) is 7.65. The van der Waals surface area contributed by atoms with Crippen LogP contribution in [0.3, 0.4) is 0 Å². The third-order valence-corrected chi connectivity index (χ3v) is 11.6. The molecule has 0 aliphatic carbocycles. The molecule has 0 saturated carbocycles. The Labute approximate surface area is 282 Å². The van der Waals surface area contributed by atoms with Crippen LogP contribution in [-0.4, -0.2) is 48.2 Å². The minimum atomic E-state index is -3.06. The summed E-state index contributed by atoms with van der Waals surface area (Å²) in [4.78, 5) is 14.9. The van der Waals surface area contributed by atoms with Crippen LogP contribution >= 0.6 is 8.25 Å². The lowest BCUT2D eigenvalue weighted by atomic mass is 9.88. The van der Waals surface area contributed by atoms with Crippen molar-refractivity contribution in [3.8, 4) is 11.8 Å². The molecular formula is C32H53N6O5PS2. The van der Waals surface area contributed by atoms with Gasteiger partial charge in [-0.1, -0.05) is 27.7 Å². The number of anilines is 2. The van der Waals surface area contributed by atoms with Crippen LogP contribution in [0.2, 0.25) is 0 Å². The van der Waals surface area contributed by atoms with Crippen molar-refractivity contribution in [3.63, 3.8) is 0 Å². The average molecular weight is 697 g/mol. The van der Waals surface area contributed by atoms with Gasteiger partial charge in [0.05, 0.1) is 28.8 Å². The largest absolute Gasteiger partial charge is 0.598 e. The molecule has 2 aliphatic heterocycles. The molecule has 4 heterocycles. The van der Waals surface area contributed by atoms with Gasteiger partial charge in [-0.3, -0.25) is 5.01 Å². The lowest BCUT2D eigenvalue weighted by Crippen LogP contribution is -2.51. The molecule has 5 atom stereocenters. The first-order valence-electron chi connectivity index (χ1n) is 16.2. The third-order valence-electron chi connectivity index (χ3n) is 7.77. The Morgan fingerprint density at radius 1 is 0.913 bits per heavy atom. The van der Waals surface area contributed by atoms with Gasteiger partial charge >= 0.3 is 8.25 Å². The van der Waals surface area contributed by atoms with Gasteiger partial charge in [-0.05, 0) is 89.6 Å². The summed E-state index contributed by atoms with van der Waals surface area (Å²) < 4.78 is 53.0. The van der Waals surface area contributed by atoms with Crippen LogP contribution in [-0.2, 0) is 27.3 Å². The molecule has 0 fully saturated rings. The summed E-state index contributed by atoms with van der Waals surface area (Å²) in [6.07, 6.45) is 2.58. The van der Waals surface area contributed by atoms with Crippen LogP contribution in [0.5, 0.6) is 11.8 Å². The van der Waals surface area contributed by atoms with E-state index in [0.29, 0.717) is 18.4 Å². The van der Waals surface area contributed by atoms with Crippen LogP contribution < -0.4 is 28.5 Å². The highest BCUT2D eigenvalue weighted by Crippen LogP contribution is 2.41. The fraction of sp³-hybridized carbons (Fsp3) is 0.688. The highest BCUT2D eigenvalue weighted by Gasteiger charge is 2.36. The zero-order valence-electron chi connectivity index (χ0n) is 29.0. The van der Waals surface area contributed by atoms with Crippen LogP contribution in [0.25, 0.3) is 0 Å². The zero-order chi connectivity index (χ0) is 34.0. The fourth-order valence-electron chi connectivity index (χ4n) is 5.52. The van der Waals surface area contributed by atoms with Crippen molar-refractivity contribution in [2.24, 2.45) is 11.8 Å². The summed E-state index contributed by atoms with van der Waals surface area (Å²) in [5, 5.41) is 1.91. The molecule has 0 radical (unpaired) electrons. The number of pyridine rings is 2. The Morgan fingerprint density at radius 2 is 1.54 bits per heavy atom. The van der Waals surface area contributed by atoms with E-state index in [2.05, 4.69) is 42.1 Å². The van der Waals surface area contributed by atoms with Crippen molar-refractivity contribution in [2.75, 3.05) is 29.5 Å². The molecule has 5 unspecified atom stereocenters. The maximum absolute atomic E-state index is 13.2. The number of hydrazine groups is 1. The van der Waals surface area contributed by atoms with E-state index >= 15 is 0 Å². The van der Waals surface area contributed by atoms with Gasteiger partial charge in [0, 0.05) is 54.6 Å². The number of aromatic nitrogens is 2. The summed E-state index contributed by atoms with van der Waals surface area (Å²) in [6.45, 7) is 22.6. The van der Waals surface area contributed by atoms with Gasteiger partial charge in [0.1, 0.15) is 15.3 Å². The van der Waals surface area contributed by atoms with Crippen molar-refractivity contribution in [1.29, 1.82) is 0 Å². The quantitative estimate of drug-likeness (QED) is 0.184. The molecule has 2 aliphatic rings. The van der Waals surface area contributed by atoms with E-state index < -0.39 is 40.5 Å². The standard InChI is InChI=1S/C32H53N6O5PS2/c1-21(2)19-23-15-18-38(36-46(41)32(8,9)10)26-12-14-27(33-29(23)26)42-44(39)43-28-13-11-24-25(35-45(40)31(5,6)7)16-17-37(20-22(3)4)30(24)34-28/h11-14,21-23,25,35-36,44H,15-20H2,1-10H3. The maximum atomic E-state index is 13.2. The van der Waals surface area contributed by atoms with Crippen molar-refractivity contribution in [2.45, 2.75) is 110 Å². The van der Waals surface area contributed by atoms with E-state index in [-0.39, 0.29) is 23.7 Å². The van der Waals surface area contributed by atoms with E-state index in [1.54, 1.807) is 12.1 Å². The van der Waals surface area contributed by atoms with E-state index in [9.17, 15) is 13.7 Å². The molecule has 14 heteroatoms. The molecule has 0 amide bonds. The van der Waals surface area contributed by atoms with E-state index in [0.717, 1.165) is 55.1 Å². The smallest absolute Gasteiger partial charge is 0.421 e. The second kappa shape index (κ2) is 15.2. The van der Waals surface area contributed by atoms with Gasteiger partial charge < -0.3 is 23.1 Å². The second-order valence-corrected chi connectivity index (χ2v) is 19.8. The minimum absolute atomic E-state index is 0.123. The Hall–Kier alpha value is -1.73. The van der Waals surface area contributed by atoms with Crippen LogP contribution in [0, 0.1) is 11.8 Å². The number of nitrogens with zero attached hydrogens (tertiary/aromatic N) is 4. The van der Waals surface area contributed by atoms with Gasteiger partial charge in [-0.25, -0.2) is 9.55 Å². The van der Waals surface area contributed by atoms with E-state index in [1.807, 2.05) is 58.7 Å². The zero-order valence-corrected chi connectivity index (χ0v) is 31.6. The van der Waals surface area contributed by atoms with Crippen LogP contribution in [0.4, 0.5) is 11.5 Å². The third kappa shape index (κ3) is 9.67. The van der Waals surface area contributed by atoms with Crippen LogP contribution in [0.15, 0.2) is 24.3 Å². The summed E-state index contributed by atoms with van der Waals surface area (Å²) in [5.74, 6) is 2.20. The van der Waals surface area contributed by atoms with Crippen LogP contribution in [0.1, 0.15) is 112 Å². The number of hydrogen-bond acceptors (Lipinski definition) is 11. The maximum Gasteiger partial charge on any atom is 0.421 e. The highest BCUT2D eigenvalue weighted by atomic mass is 32.2. The summed E-state index contributed by atoms with van der Waals surface area (Å²) in [7, 11) is -3.06. The molecule has 0 aromatic carbocycles. The minimum Gasteiger partial charge on any atom is -0.598 e. The van der Waals surface area contributed by atoms with E-state index in [1.165, 1.54) is 0 Å². The van der Waals surface area contributed by atoms with Crippen molar-refractivity contribution in [1.82, 2.24) is 19.5 Å². The molecule has 0 bridgehead atoms. The lowest BCUT2D eigenvalue weighted by Gasteiger charge is -2.37. The van der Waals surface area contributed by atoms with Gasteiger partial charge in [-0.15, -0.1) is 4.72 Å².